The lowest BCUT2D eigenvalue weighted by Crippen LogP contribution is -2.47. The molecule has 1 aliphatic heterocycles. The van der Waals surface area contributed by atoms with E-state index >= 15 is 0 Å². The molecule has 0 aliphatic carbocycles. The largest absolute Gasteiger partial charge is 0.481 e. The summed E-state index contributed by atoms with van der Waals surface area (Å²) >= 11 is 0. The van der Waals surface area contributed by atoms with E-state index < -0.39 is 11.9 Å². The zero-order valence-corrected chi connectivity index (χ0v) is 10.5. The molecular weight excluding hydrogens is 250 g/mol. The minimum absolute atomic E-state index is 0.217. The number of likely N-dealkylation sites (tertiary alicyclic amines) is 1. The van der Waals surface area contributed by atoms with Crippen molar-refractivity contribution >= 4 is 12.0 Å². The summed E-state index contributed by atoms with van der Waals surface area (Å²) in [7, 11) is 0. The Morgan fingerprint density at radius 1 is 1.47 bits per heavy atom. The summed E-state index contributed by atoms with van der Waals surface area (Å²) in [5.74, 6) is -1.28. The first-order chi connectivity index (χ1) is 9.16. The molecule has 0 spiro atoms. The van der Waals surface area contributed by atoms with Crippen LogP contribution in [0.15, 0.2) is 12.4 Å². The van der Waals surface area contributed by atoms with E-state index in [-0.39, 0.29) is 12.6 Å². The normalized spacial score (nSPS) is 19.2. The molecule has 2 heterocycles. The number of carboxylic acids is 1. The molecule has 0 bridgehead atoms. The van der Waals surface area contributed by atoms with Crippen molar-refractivity contribution in [2.75, 3.05) is 19.6 Å². The first-order valence-corrected chi connectivity index (χ1v) is 6.26. The van der Waals surface area contributed by atoms with Gasteiger partial charge in [-0.05, 0) is 12.8 Å². The van der Waals surface area contributed by atoms with Gasteiger partial charge in [0.15, 0.2) is 0 Å². The van der Waals surface area contributed by atoms with Gasteiger partial charge in [-0.2, -0.15) is 0 Å². The highest BCUT2D eigenvalue weighted by molar-refractivity contribution is 5.76. The number of carbonyl (C=O) groups excluding carboxylic acids is 1. The van der Waals surface area contributed by atoms with E-state index in [1.54, 1.807) is 22.0 Å². The molecule has 0 radical (unpaired) electrons. The molecule has 1 aromatic rings. The number of nitrogens with zero attached hydrogens (tertiary/aromatic N) is 4. The number of hydrogen-bond acceptors (Lipinski definition) is 4. The standard InChI is InChI=1S/C11H17N5O3/c17-10(18)9-2-1-5-15(8-9)11(19)12-3-6-16-7-4-13-14-16/h4,7,9H,1-3,5-6,8H2,(H,12,19)(H,17,18). The average molecular weight is 267 g/mol. The Morgan fingerprint density at radius 2 is 2.32 bits per heavy atom. The number of hydrogen-bond donors (Lipinski definition) is 2. The Labute approximate surface area is 110 Å². The highest BCUT2D eigenvalue weighted by atomic mass is 16.4. The molecule has 1 unspecified atom stereocenters. The van der Waals surface area contributed by atoms with Crippen LogP contribution in [-0.4, -0.2) is 56.6 Å². The Bertz CT molecular complexity index is 434. The van der Waals surface area contributed by atoms with Gasteiger partial charge in [0.2, 0.25) is 0 Å². The molecule has 2 rings (SSSR count). The fourth-order valence-corrected chi connectivity index (χ4v) is 2.10. The average Bonchev–Trinajstić information content (AvgIpc) is 2.92. The summed E-state index contributed by atoms with van der Waals surface area (Å²) in [5, 5.41) is 19.2. The second-order valence-corrected chi connectivity index (χ2v) is 4.52. The number of aliphatic carboxylic acids is 1. The number of nitrogens with one attached hydrogen (secondary N) is 1. The maximum absolute atomic E-state index is 11.9. The van der Waals surface area contributed by atoms with Crippen LogP contribution < -0.4 is 5.32 Å². The molecule has 1 saturated heterocycles. The Hall–Kier alpha value is -2.12. The summed E-state index contributed by atoms with van der Waals surface area (Å²) in [6, 6.07) is -0.217. The van der Waals surface area contributed by atoms with E-state index in [4.69, 9.17) is 5.11 Å². The molecule has 1 atom stereocenters. The van der Waals surface area contributed by atoms with E-state index in [0.717, 1.165) is 6.42 Å². The van der Waals surface area contributed by atoms with Crippen LogP contribution in [0.25, 0.3) is 0 Å². The number of aromatic nitrogens is 3. The van der Waals surface area contributed by atoms with Crippen molar-refractivity contribution in [3.05, 3.63) is 12.4 Å². The molecule has 2 amide bonds. The molecule has 8 heteroatoms. The number of urea groups is 1. The van der Waals surface area contributed by atoms with Gasteiger partial charge in [0.1, 0.15) is 0 Å². The van der Waals surface area contributed by atoms with Crippen molar-refractivity contribution in [1.29, 1.82) is 0 Å². The molecule has 19 heavy (non-hydrogen) atoms. The van der Waals surface area contributed by atoms with E-state index in [0.29, 0.717) is 26.1 Å². The van der Waals surface area contributed by atoms with Crippen molar-refractivity contribution in [1.82, 2.24) is 25.2 Å². The van der Waals surface area contributed by atoms with Gasteiger partial charge >= 0.3 is 12.0 Å². The fraction of sp³-hybridized carbons (Fsp3) is 0.636. The molecule has 0 saturated carbocycles. The summed E-state index contributed by atoms with van der Waals surface area (Å²) in [4.78, 5) is 24.3. The first-order valence-electron chi connectivity index (χ1n) is 6.26. The second kappa shape index (κ2) is 6.17. The van der Waals surface area contributed by atoms with Crippen molar-refractivity contribution in [2.24, 2.45) is 5.92 Å². The summed E-state index contributed by atoms with van der Waals surface area (Å²) < 4.78 is 1.62. The van der Waals surface area contributed by atoms with Gasteiger partial charge in [-0.1, -0.05) is 5.21 Å². The predicted octanol–water partition coefficient (Wildman–Crippen LogP) is -0.216. The maximum Gasteiger partial charge on any atom is 0.317 e. The van der Waals surface area contributed by atoms with Crippen LogP contribution >= 0.6 is 0 Å². The zero-order chi connectivity index (χ0) is 13.7. The smallest absolute Gasteiger partial charge is 0.317 e. The van der Waals surface area contributed by atoms with Crippen molar-refractivity contribution in [3.8, 4) is 0 Å². The van der Waals surface area contributed by atoms with Gasteiger partial charge in [-0.15, -0.1) is 5.10 Å². The SMILES string of the molecule is O=C(O)C1CCCN(C(=O)NCCn2ccnn2)C1. The third-order valence-corrected chi connectivity index (χ3v) is 3.15. The molecule has 1 fully saturated rings. The van der Waals surface area contributed by atoms with E-state index in [1.165, 1.54) is 0 Å². The molecule has 104 valence electrons. The Kier molecular flexibility index (Phi) is 4.32. The number of carboxylic acid groups (broad SMARTS) is 1. The van der Waals surface area contributed by atoms with Gasteiger partial charge in [0.25, 0.3) is 0 Å². The molecule has 8 nitrogen and oxygen atoms in total. The molecule has 0 aromatic carbocycles. The van der Waals surface area contributed by atoms with Crippen LogP contribution in [0.5, 0.6) is 0 Å². The van der Waals surface area contributed by atoms with Crippen LogP contribution in [0.3, 0.4) is 0 Å². The lowest BCUT2D eigenvalue weighted by molar-refractivity contribution is -0.143. The van der Waals surface area contributed by atoms with E-state index in [9.17, 15) is 9.59 Å². The van der Waals surface area contributed by atoms with Crippen LogP contribution in [-0.2, 0) is 11.3 Å². The van der Waals surface area contributed by atoms with Crippen molar-refractivity contribution in [3.63, 3.8) is 0 Å². The molecule has 2 N–H and O–H groups in total. The van der Waals surface area contributed by atoms with Crippen molar-refractivity contribution in [2.45, 2.75) is 19.4 Å². The summed E-state index contributed by atoms with van der Waals surface area (Å²) in [6.45, 7) is 1.88. The number of amides is 2. The molecule has 1 aliphatic rings. The first kappa shape index (κ1) is 13.3. The fourth-order valence-electron chi connectivity index (χ4n) is 2.10. The minimum atomic E-state index is -0.833. The quantitative estimate of drug-likeness (QED) is 0.785. The van der Waals surface area contributed by atoms with Gasteiger partial charge in [0.05, 0.1) is 18.7 Å². The van der Waals surface area contributed by atoms with Crippen LogP contribution in [0.1, 0.15) is 12.8 Å². The van der Waals surface area contributed by atoms with Crippen LogP contribution in [0.2, 0.25) is 0 Å². The number of rotatable bonds is 4. The predicted molar refractivity (Wildman–Crippen MR) is 65.4 cm³/mol. The second-order valence-electron chi connectivity index (χ2n) is 4.52. The highest BCUT2D eigenvalue weighted by Gasteiger charge is 2.27. The third-order valence-electron chi connectivity index (χ3n) is 3.15. The Balaban J connectivity index is 1.74. The zero-order valence-electron chi connectivity index (χ0n) is 10.5. The monoisotopic (exact) mass is 267 g/mol. The van der Waals surface area contributed by atoms with Gasteiger partial charge in [0, 0.05) is 25.8 Å². The lowest BCUT2D eigenvalue weighted by Gasteiger charge is -2.30. The van der Waals surface area contributed by atoms with Gasteiger partial charge in [-0.3, -0.25) is 9.48 Å². The maximum atomic E-state index is 11.9. The van der Waals surface area contributed by atoms with Crippen LogP contribution in [0, 0.1) is 5.92 Å². The lowest BCUT2D eigenvalue weighted by atomic mass is 9.99. The number of piperidine rings is 1. The van der Waals surface area contributed by atoms with Crippen LogP contribution in [0.4, 0.5) is 4.79 Å². The van der Waals surface area contributed by atoms with Gasteiger partial charge in [-0.25, -0.2) is 4.79 Å². The third kappa shape index (κ3) is 3.67. The topological polar surface area (TPSA) is 100 Å². The van der Waals surface area contributed by atoms with Gasteiger partial charge < -0.3 is 15.3 Å². The summed E-state index contributed by atoms with van der Waals surface area (Å²) in [6.07, 6.45) is 4.66. The summed E-state index contributed by atoms with van der Waals surface area (Å²) in [5.41, 5.74) is 0. The molecule has 1 aromatic heterocycles. The highest BCUT2D eigenvalue weighted by Crippen LogP contribution is 2.16. The van der Waals surface area contributed by atoms with E-state index in [1.807, 2.05) is 0 Å². The molecular formula is C11H17N5O3. The minimum Gasteiger partial charge on any atom is -0.481 e. The Morgan fingerprint density at radius 3 is 3.00 bits per heavy atom. The number of carbonyl (C=O) groups is 2. The van der Waals surface area contributed by atoms with E-state index in [2.05, 4.69) is 15.6 Å². The van der Waals surface area contributed by atoms with Crippen molar-refractivity contribution < 1.29 is 14.7 Å².